The van der Waals surface area contributed by atoms with E-state index >= 15 is 0 Å². The molecule has 4 nitrogen and oxygen atoms in total. The van der Waals surface area contributed by atoms with E-state index in [1.165, 1.54) is 6.07 Å². The van der Waals surface area contributed by atoms with Crippen molar-refractivity contribution in [2.45, 2.75) is 26.9 Å². The molecule has 0 aromatic carbocycles. The molecule has 5 heteroatoms. The van der Waals surface area contributed by atoms with Crippen LogP contribution < -0.4 is 4.90 Å². The normalized spacial score (nSPS) is 10.6. The van der Waals surface area contributed by atoms with Crippen molar-refractivity contribution in [2.75, 3.05) is 11.4 Å². The number of aryl methyl sites for hydroxylation is 1. The number of aromatic nitrogens is 3. The number of hydrogen-bond donors (Lipinski definition) is 0. The van der Waals surface area contributed by atoms with E-state index < -0.39 is 0 Å². The maximum absolute atomic E-state index is 13.7. The van der Waals surface area contributed by atoms with Gasteiger partial charge in [0, 0.05) is 37.6 Å². The van der Waals surface area contributed by atoms with E-state index in [0.29, 0.717) is 18.9 Å². The highest BCUT2D eigenvalue weighted by molar-refractivity contribution is 5.40. The molecule has 2 aromatic heterocycles. The first-order valence-electron chi connectivity index (χ1n) is 6.11. The van der Waals surface area contributed by atoms with E-state index in [9.17, 15) is 4.39 Å². The molecule has 2 rings (SSSR count). The molecule has 0 bridgehead atoms. The van der Waals surface area contributed by atoms with Crippen molar-refractivity contribution in [2.24, 2.45) is 0 Å². The summed E-state index contributed by atoms with van der Waals surface area (Å²) in [6.45, 7) is 6.17. The van der Waals surface area contributed by atoms with E-state index in [4.69, 9.17) is 0 Å². The Kier molecular flexibility index (Phi) is 3.92. The van der Waals surface area contributed by atoms with Gasteiger partial charge in [0.1, 0.15) is 0 Å². The Labute approximate surface area is 106 Å². The van der Waals surface area contributed by atoms with Gasteiger partial charge in [-0.2, -0.15) is 5.10 Å². The molecule has 0 radical (unpaired) electrons. The van der Waals surface area contributed by atoms with Crippen LogP contribution in [0.4, 0.5) is 10.2 Å². The van der Waals surface area contributed by atoms with E-state index in [1.807, 2.05) is 35.8 Å². The summed E-state index contributed by atoms with van der Waals surface area (Å²) in [6.07, 6.45) is 5.40. The zero-order valence-corrected chi connectivity index (χ0v) is 10.7. The number of nitrogens with zero attached hydrogens (tertiary/aromatic N) is 4. The van der Waals surface area contributed by atoms with Gasteiger partial charge < -0.3 is 4.90 Å². The molecule has 2 heterocycles. The Morgan fingerprint density at radius 3 is 2.83 bits per heavy atom. The molecule has 0 amide bonds. The highest BCUT2D eigenvalue weighted by Crippen LogP contribution is 2.17. The van der Waals surface area contributed by atoms with Crippen molar-refractivity contribution < 1.29 is 4.39 Å². The molecular weight excluding hydrogens is 231 g/mol. The van der Waals surface area contributed by atoms with E-state index in [1.54, 1.807) is 12.3 Å². The second kappa shape index (κ2) is 5.62. The fraction of sp³-hybridized carbons (Fsp3) is 0.385. The second-order valence-electron chi connectivity index (χ2n) is 4.03. The molecule has 0 unspecified atom stereocenters. The topological polar surface area (TPSA) is 34.0 Å². The number of hydrogen-bond acceptors (Lipinski definition) is 3. The third kappa shape index (κ3) is 2.67. The van der Waals surface area contributed by atoms with Gasteiger partial charge in [-0.25, -0.2) is 9.37 Å². The molecule has 96 valence electrons. The average molecular weight is 248 g/mol. The summed E-state index contributed by atoms with van der Waals surface area (Å²) >= 11 is 0. The summed E-state index contributed by atoms with van der Waals surface area (Å²) < 4.78 is 15.5. The Balaban J connectivity index is 2.17. The van der Waals surface area contributed by atoms with Crippen LogP contribution in [0.15, 0.2) is 30.7 Å². The number of anilines is 1. The van der Waals surface area contributed by atoms with Crippen LogP contribution >= 0.6 is 0 Å². The molecule has 0 aliphatic carbocycles. The monoisotopic (exact) mass is 248 g/mol. The average Bonchev–Trinajstić information content (AvgIpc) is 2.85. The Morgan fingerprint density at radius 1 is 1.39 bits per heavy atom. The van der Waals surface area contributed by atoms with E-state index in [0.717, 1.165) is 12.1 Å². The van der Waals surface area contributed by atoms with Gasteiger partial charge in [0.15, 0.2) is 11.6 Å². The van der Waals surface area contributed by atoms with Gasteiger partial charge in [-0.15, -0.1) is 0 Å². The van der Waals surface area contributed by atoms with Crippen LogP contribution in [0.25, 0.3) is 0 Å². The van der Waals surface area contributed by atoms with Crippen LogP contribution in [0.3, 0.4) is 0 Å². The molecule has 0 aliphatic rings. The summed E-state index contributed by atoms with van der Waals surface area (Å²) in [5.74, 6) is 0.103. The van der Waals surface area contributed by atoms with Crippen LogP contribution in [-0.4, -0.2) is 21.3 Å². The number of halogens is 1. The van der Waals surface area contributed by atoms with Crippen molar-refractivity contribution in [1.29, 1.82) is 0 Å². The zero-order valence-electron chi connectivity index (χ0n) is 10.7. The third-order valence-electron chi connectivity index (χ3n) is 2.80. The predicted octanol–water partition coefficient (Wildman–Crippen LogP) is 2.46. The van der Waals surface area contributed by atoms with Gasteiger partial charge in [-0.1, -0.05) is 0 Å². The maximum atomic E-state index is 13.7. The minimum absolute atomic E-state index is 0.290. The lowest BCUT2D eigenvalue weighted by molar-refractivity contribution is 0.609. The van der Waals surface area contributed by atoms with Gasteiger partial charge in [0.25, 0.3) is 0 Å². The summed E-state index contributed by atoms with van der Waals surface area (Å²) in [4.78, 5) is 5.99. The molecule has 18 heavy (non-hydrogen) atoms. The molecule has 2 aromatic rings. The molecule has 0 saturated heterocycles. The number of pyridine rings is 1. The highest BCUT2D eigenvalue weighted by atomic mass is 19.1. The van der Waals surface area contributed by atoms with Gasteiger partial charge in [0.05, 0.1) is 6.20 Å². The lowest BCUT2D eigenvalue weighted by atomic mass is 10.3. The molecular formula is C13H17FN4. The number of rotatable bonds is 5. The van der Waals surface area contributed by atoms with Gasteiger partial charge in [-0.3, -0.25) is 4.68 Å². The first-order valence-corrected chi connectivity index (χ1v) is 6.11. The standard InChI is InChI=1S/C13H17FN4/c1-3-17(13-12(14)6-5-7-15-13)9-11-8-16-18(4-2)10-11/h5-8,10H,3-4,9H2,1-2H3. The fourth-order valence-corrected chi connectivity index (χ4v) is 1.83. The molecule has 0 fully saturated rings. The Morgan fingerprint density at radius 2 is 2.22 bits per heavy atom. The van der Waals surface area contributed by atoms with Crippen LogP contribution in [-0.2, 0) is 13.1 Å². The minimum Gasteiger partial charge on any atom is -0.350 e. The van der Waals surface area contributed by atoms with Crippen molar-refractivity contribution in [1.82, 2.24) is 14.8 Å². The van der Waals surface area contributed by atoms with Crippen molar-refractivity contribution >= 4 is 5.82 Å². The lowest BCUT2D eigenvalue weighted by Gasteiger charge is -2.21. The van der Waals surface area contributed by atoms with Gasteiger partial charge in [-0.05, 0) is 26.0 Å². The largest absolute Gasteiger partial charge is 0.350 e. The fourth-order valence-electron chi connectivity index (χ4n) is 1.83. The van der Waals surface area contributed by atoms with Crippen molar-refractivity contribution in [3.8, 4) is 0 Å². The summed E-state index contributed by atoms with van der Waals surface area (Å²) in [7, 11) is 0. The summed E-state index contributed by atoms with van der Waals surface area (Å²) in [6, 6.07) is 3.03. The Hall–Kier alpha value is -1.91. The lowest BCUT2D eigenvalue weighted by Crippen LogP contribution is -2.23. The quantitative estimate of drug-likeness (QED) is 0.815. The minimum atomic E-state index is -0.290. The molecule has 0 spiro atoms. The van der Waals surface area contributed by atoms with Crippen LogP contribution in [0.2, 0.25) is 0 Å². The van der Waals surface area contributed by atoms with Crippen molar-refractivity contribution in [3.63, 3.8) is 0 Å². The molecule has 0 N–H and O–H groups in total. The third-order valence-corrected chi connectivity index (χ3v) is 2.80. The molecule has 0 aliphatic heterocycles. The second-order valence-corrected chi connectivity index (χ2v) is 4.03. The molecule has 0 atom stereocenters. The Bertz CT molecular complexity index is 509. The molecule has 0 saturated carbocycles. The SMILES string of the molecule is CCN(Cc1cnn(CC)c1)c1ncccc1F. The zero-order chi connectivity index (χ0) is 13.0. The first kappa shape index (κ1) is 12.5. The van der Waals surface area contributed by atoms with Crippen LogP contribution in [0.5, 0.6) is 0 Å². The van der Waals surface area contributed by atoms with Crippen LogP contribution in [0, 0.1) is 5.82 Å². The van der Waals surface area contributed by atoms with Crippen molar-refractivity contribution in [3.05, 3.63) is 42.1 Å². The summed E-state index contributed by atoms with van der Waals surface area (Å²) in [5, 5.41) is 4.21. The first-order chi connectivity index (χ1) is 8.74. The van der Waals surface area contributed by atoms with E-state index in [2.05, 4.69) is 10.1 Å². The predicted molar refractivity (Wildman–Crippen MR) is 68.8 cm³/mol. The highest BCUT2D eigenvalue weighted by Gasteiger charge is 2.12. The smallest absolute Gasteiger partial charge is 0.165 e. The maximum Gasteiger partial charge on any atom is 0.165 e. The van der Waals surface area contributed by atoms with Gasteiger partial charge >= 0.3 is 0 Å². The van der Waals surface area contributed by atoms with Gasteiger partial charge in [0.2, 0.25) is 0 Å². The van der Waals surface area contributed by atoms with E-state index in [-0.39, 0.29) is 5.82 Å². The summed E-state index contributed by atoms with van der Waals surface area (Å²) in [5.41, 5.74) is 1.06. The van der Waals surface area contributed by atoms with Crippen LogP contribution in [0.1, 0.15) is 19.4 Å².